The summed E-state index contributed by atoms with van der Waals surface area (Å²) in [6.45, 7) is 17.4. The molecule has 0 saturated carbocycles. The minimum atomic E-state index is 0.216. The van der Waals surface area contributed by atoms with Crippen LogP contribution < -0.4 is 14.8 Å². The average molecular weight is 440 g/mol. The number of rotatable bonds is 13. The van der Waals surface area contributed by atoms with Gasteiger partial charge in [-0.05, 0) is 73.6 Å². The molecule has 5 heteroatoms. The molecule has 0 amide bonds. The van der Waals surface area contributed by atoms with Crippen LogP contribution in [0.15, 0.2) is 42.5 Å². The van der Waals surface area contributed by atoms with Crippen molar-refractivity contribution in [1.29, 1.82) is 0 Å². The fraction of sp³-hybridized carbons (Fsp3) is 0.556. The van der Waals surface area contributed by atoms with Crippen molar-refractivity contribution in [1.82, 2.24) is 15.1 Å². The van der Waals surface area contributed by atoms with Crippen LogP contribution in [0, 0.1) is 0 Å². The van der Waals surface area contributed by atoms with Crippen molar-refractivity contribution in [3.05, 3.63) is 59.2 Å². The Morgan fingerprint density at radius 3 is 1.94 bits per heavy atom. The molecular formula is C27H41N3O2. The highest BCUT2D eigenvalue weighted by molar-refractivity contribution is 5.44. The van der Waals surface area contributed by atoms with Gasteiger partial charge in [0.05, 0.1) is 6.04 Å². The molecular weight excluding hydrogens is 398 g/mol. The van der Waals surface area contributed by atoms with E-state index in [4.69, 9.17) is 9.47 Å². The molecule has 1 atom stereocenters. The van der Waals surface area contributed by atoms with Gasteiger partial charge < -0.3 is 24.6 Å². The molecule has 0 aromatic heterocycles. The number of hydrogen-bond donors (Lipinski definition) is 1. The van der Waals surface area contributed by atoms with Crippen molar-refractivity contribution in [3.63, 3.8) is 0 Å². The normalized spacial score (nSPS) is 15.8. The Bertz CT molecular complexity index is 801. The minimum Gasteiger partial charge on any atom is -0.492 e. The van der Waals surface area contributed by atoms with E-state index in [0.717, 1.165) is 76.9 Å². The van der Waals surface area contributed by atoms with E-state index in [1.807, 2.05) is 0 Å². The van der Waals surface area contributed by atoms with Crippen LogP contribution in [0.4, 0.5) is 0 Å². The Hall–Kier alpha value is -2.08. The Morgan fingerprint density at radius 1 is 0.781 bits per heavy atom. The molecule has 0 radical (unpaired) electrons. The van der Waals surface area contributed by atoms with Gasteiger partial charge in [-0.3, -0.25) is 0 Å². The standard InChI is InChI=1S/C27H41N3O2/c1-5-29(6-2)17-19-31-24-11-9-22(10-12-24)27-26-14-13-25(21-23(26)15-16-28-27)32-20-18-30(7-3)8-4/h9-14,21,27-28H,5-8,15-20H2,1-4H3. The van der Waals surface area contributed by atoms with Gasteiger partial charge in [0.15, 0.2) is 0 Å². The molecule has 1 aliphatic heterocycles. The molecule has 3 rings (SSSR count). The predicted molar refractivity (Wildman–Crippen MR) is 133 cm³/mol. The molecule has 2 aromatic rings. The minimum absolute atomic E-state index is 0.216. The zero-order chi connectivity index (χ0) is 22.8. The molecule has 2 aromatic carbocycles. The predicted octanol–water partition coefficient (Wildman–Crippen LogP) is 4.36. The largest absolute Gasteiger partial charge is 0.492 e. The van der Waals surface area contributed by atoms with Crippen LogP contribution in [0.5, 0.6) is 11.5 Å². The van der Waals surface area contributed by atoms with Gasteiger partial charge in [-0.1, -0.05) is 45.9 Å². The van der Waals surface area contributed by atoms with E-state index in [0.29, 0.717) is 0 Å². The molecule has 1 unspecified atom stereocenters. The number of nitrogens with one attached hydrogen (secondary N) is 1. The summed E-state index contributed by atoms with van der Waals surface area (Å²) in [6.07, 6.45) is 1.03. The summed E-state index contributed by atoms with van der Waals surface area (Å²) in [5, 5.41) is 3.68. The zero-order valence-corrected chi connectivity index (χ0v) is 20.4. The second kappa shape index (κ2) is 12.8. The Balaban J connectivity index is 1.59. The maximum atomic E-state index is 6.05. The van der Waals surface area contributed by atoms with E-state index in [2.05, 4.69) is 85.3 Å². The van der Waals surface area contributed by atoms with E-state index in [1.54, 1.807) is 0 Å². The molecule has 176 valence electrons. The number of fused-ring (bicyclic) bond motifs is 1. The fourth-order valence-electron chi connectivity index (χ4n) is 4.35. The third kappa shape index (κ3) is 6.71. The molecule has 5 nitrogen and oxygen atoms in total. The Morgan fingerprint density at radius 2 is 1.34 bits per heavy atom. The first-order valence-electron chi connectivity index (χ1n) is 12.3. The third-order valence-corrected chi connectivity index (χ3v) is 6.52. The van der Waals surface area contributed by atoms with Gasteiger partial charge in [-0.25, -0.2) is 0 Å². The number of benzene rings is 2. The van der Waals surface area contributed by atoms with Gasteiger partial charge in [0.2, 0.25) is 0 Å². The summed E-state index contributed by atoms with van der Waals surface area (Å²) >= 11 is 0. The summed E-state index contributed by atoms with van der Waals surface area (Å²) in [5.74, 6) is 1.92. The molecule has 0 spiro atoms. The highest BCUT2D eigenvalue weighted by Gasteiger charge is 2.21. The lowest BCUT2D eigenvalue weighted by molar-refractivity contribution is 0.222. The van der Waals surface area contributed by atoms with Crippen molar-refractivity contribution >= 4 is 0 Å². The zero-order valence-electron chi connectivity index (χ0n) is 20.4. The van der Waals surface area contributed by atoms with Gasteiger partial charge >= 0.3 is 0 Å². The van der Waals surface area contributed by atoms with Crippen molar-refractivity contribution in [3.8, 4) is 11.5 Å². The topological polar surface area (TPSA) is 37.0 Å². The third-order valence-electron chi connectivity index (χ3n) is 6.52. The summed E-state index contributed by atoms with van der Waals surface area (Å²) in [7, 11) is 0. The molecule has 32 heavy (non-hydrogen) atoms. The van der Waals surface area contributed by atoms with Gasteiger partial charge in [-0.15, -0.1) is 0 Å². The fourth-order valence-corrected chi connectivity index (χ4v) is 4.35. The molecule has 0 aliphatic carbocycles. The lowest BCUT2D eigenvalue weighted by Crippen LogP contribution is -2.30. The van der Waals surface area contributed by atoms with Crippen molar-refractivity contribution in [2.45, 2.75) is 40.2 Å². The summed E-state index contributed by atoms with van der Waals surface area (Å²) in [6, 6.07) is 15.4. The molecule has 0 bridgehead atoms. The number of nitrogens with zero attached hydrogens (tertiary/aromatic N) is 2. The van der Waals surface area contributed by atoms with Gasteiger partial charge in [0.25, 0.3) is 0 Å². The smallest absolute Gasteiger partial charge is 0.119 e. The highest BCUT2D eigenvalue weighted by atomic mass is 16.5. The first-order chi connectivity index (χ1) is 15.7. The lowest BCUT2D eigenvalue weighted by atomic mass is 9.90. The van der Waals surface area contributed by atoms with Gasteiger partial charge in [0.1, 0.15) is 24.7 Å². The van der Waals surface area contributed by atoms with Crippen LogP contribution in [-0.2, 0) is 6.42 Å². The molecule has 1 aliphatic rings. The van der Waals surface area contributed by atoms with Crippen LogP contribution in [-0.4, -0.2) is 68.8 Å². The number of hydrogen-bond acceptors (Lipinski definition) is 5. The van der Waals surface area contributed by atoms with E-state index in [1.165, 1.54) is 16.7 Å². The molecule has 1 N–H and O–H groups in total. The van der Waals surface area contributed by atoms with Gasteiger partial charge in [0, 0.05) is 19.6 Å². The quantitative estimate of drug-likeness (QED) is 0.502. The monoisotopic (exact) mass is 439 g/mol. The second-order valence-corrected chi connectivity index (χ2v) is 8.32. The average Bonchev–Trinajstić information content (AvgIpc) is 2.84. The summed E-state index contributed by atoms with van der Waals surface area (Å²) in [5.41, 5.74) is 4.01. The number of likely N-dealkylation sites (N-methyl/N-ethyl adjacent to an activating group) is 2. The second-order valence-electron chi connectivity index (χ2n) is 8.32. The SMILES string of the molecule is CCN(CC)CCOc1ccc(C2NCCc3cc(OCCN(CC)CC)ccc32)cc1. The Kier molecular flexibility index (Phi) is 9.85. The summed E-state index contributed by atoms with van der Waals surface area (Å²) < 4.78 is 12.0. The van der Waals surface area contributed by atoms with Crippen molar-refractivity contribution in [2.24, 2.45) is 0 Å². The summed E-state index contributed by atoms with van der Waals surface area (Å²) in [4.78, 5) is 4.76. The van der Waals surface area contributed by atoms with Gasteiger partial charge in [-0.2, -0.15) is 0 Å². The maximum absolute atomic E-state index is 6.05. The van der Waals surface area contributed by atoms with E-state index >= 15 is 0 Å². The van der Waals surface area contributed by atoms with Crippen LogP contribution in [0.25, 0.3) is 0 Å². The van der Waals surface area contributed by atoms with E-state index in [-0.39, 0.29) is 6.04 Å². The molecule has 0 saturated heterocycles. The maximum Gasteiger partial charge on any atom is 0.119 e. The van der Waals surface area contributed by atoms with Crippen molar-refractivity contribution in [2.75, 3.05) is 59.0 Å². The van der Waals surface area contributed by atoms with Crippen LogP contribution in [0.2, 0.25) is 0 Å². The number of ether oxygens (including phenoxy) is 2. The van der Waals surface area contributed by atoms with Crippen LogP contribution in [0.1, 0.15) is 50.4 Å². The lowest BCUT2D eigenvalue weighted by Gasteiger charge is -2.28. The van der Waals surface area contributed by atoms with Crippen LogP contribution in [0.3, 0.4) is 0 Å². The first-order valence-corrected chi connectivity index (χ1v) is 12.3. The highest BCUT2D eigenvalue weighted by Crippen LogP contribution is 2.32. The first kappa shape index (κ1) is 24.6. The van der Waals surface area contributed by atoms with Crippen molar-refractivity contribution < 1.29 is 9.47 Å². The van der Waals surface area contributed by atoms with E-state index < -0.39 is 0 Å². The van der Waals surface area contributed by atoms with E-state index in [9.17, 15) is 0 Å². The molecule has 0 fully saturated rings. The van der Waals surface area contributed by atoms with Crippen LogP contribution >= 0.6 is 0 Å². The molecule has 1 heterocycles. The Labute approximate surface area is 194 Å².